The second-order valence-corrected chi connectivity index (χ2v) is 10.5. The van der Waals surface area contributed by atoms with E-state index in [0.29, 0.717) is 39.2 Å². The van der Waals surface area contributed by atoms with E-state index in [0.717, 1.165) is 0 Å². The molecule has 0 radical (unpaired) electrons. The number of esters is 2. The lowest BCUT2D eigenvalue weighted by molar-refractivity contribution is -0.166. The van der Waals surface area contributed by atoms with E-state index >= 15 is 0 Å². The Morgan fingerprint density at radius 1 is 0.809 bits per heavy atom. The predicted molar refractivity (Wildman–Crippen MR) is 167 cm³/mol. The molecule has 3 atom stereocenters. The second-order valence-electron chi connectivity index (χ2n) is 9.72. The number of fused-ring (bicyclic) bond motifs is 1. The average molecular weight is 686 g/mol. The molecule has 0 amide bonds. The van der Waals surface area contributed by atoms with E-state index in [-0.39, 0.29) is 23.8 Å². The first-order chi connectivity index (χ1) is 22.5. The summed E-state index contributed by atoms with van der Waals surface area (Å²) in [5.74, 6) is -5.35. The van der Waals surface area contributed by atoms with Crippen molar-refractivity contribution in [3.05, 3.63) is 118 Å². The molecule has 0 bridgehead atoms. The fourth-order valence-corrected chi connectivity index (χ4v) is 4.84. The summed E-state index contributed by atoms with van der Waals surface area (Å²) >= 11 is 12.4. The molecule has 47 heavy (non-hydrogen) atoms. The fraction of sp³-hybridized carbons (Fsp3) is 0.152. The van der Waals surface area contributed by atoms with E-state index in [1.807, 2.05) is 0 Å². The summed E-state index contributed by atoms with van der Waals surface area (Å²) in [6, 6.07) is 22.5. The van der Waals surface area contributed by atoms with Crippen LogP contribution in [0.15, 0.2) is 91.0 Å². The Labute approximate surface area is 277 Å². The van der Waals surface area contributed by atoms with Crippen molar-refractivity contribution in [3.8, 4) is 22.6 Å². The zero-order valence-corrected chi connectivity index (χ0v) is 25.7. The van der Waals surface area contributed by atoms with Crippen LogP contribution in [0.4, 0.5) is 4.39 Å². The highest BCUT2D eigenvalue weighted by atomic mass is 35.5. The number of aliphatic carboxylic acids is 2. The molecule has 1 aliphatic heterocycles. The van der Waals surface area contributed by atoms with Crippen LogP contribution in [0.3, 0.4) is 0 Å². The van der Waals surface area contributed by atoms with Crippen molar-refractivity contribution in [2.24, 2.45) is 5.73 Å². The van der Waals surface area contributed by atoms with Gasteiger partial charge in [-0.3, -0.25) is 0 Å². The number of carbonyl (C=O) groups is 4. The normalized spacial score (nSPS) is 14.4. The van der Waals surface area contributed by atoms with Crippen molar-refractivity contribution < 1.29 is 52.7 Å². The van der Waals surface area contributed by atoms with Crippen LogP contribution in [-0.2, 0) is 19.1 Å². The zero-order chi connectivity index (χ0) is 34.1. The molecule has 0 saturated heterocycles. The van der Waals surface area contributed by atoms with Gasteiger partial charge in [0.2, 0.25) is 12.2 Å². The molecule has 14 heteroatoms. The first-order valence-electron chi connectivity index (χ1n) is 13.7. The molecule has 4 N–H and O–H groups in total. The molecule has 4 aromatic carbocycles. The van der Waals surface area contributed by atoms with Gasteiger partial charge in [-0.1, -0.05) is 65.7 Å². The molecule has 4 aromatic rings. The van der Waals surface area contributed by atoms with Gasteiger partial charge in [-0.2, -0.15) is 0 Å². The van der Waals surface area contributed by atoms with Crippen LogP contribution < -0.4 is 15.2 Å². The lowest BCUT2D eigenvalue weighted by Crippen LogP contribution is -2.45. The topological polar surface area (TPSA) is 172 Å². The van der Waals surface area contributed by atoms with E-state index in [4.69, 9.17) is 47.9 Å². The third-order valence-electron chi connectivity index (χ3n) is 6.47. The van der Waals surface area contributed by atoms with E-state index in [1.165, 1.54) is 60.7 Å². The molecular weight excluding hydrogens is 660 g/mol. The van der Waals surface area contributed by atoms with Crippen LogP contribution >= 0.6 is 23.2 Å². The molecule has 0 fully saturated rings. The number of hydrogen-bond acceptors (Lipinski definition) is 9. The van der Waals surface area contributed by atoms with Gasteiger partial charge in [0.25, 0.3) is 0 Å². The molecule has 1 aliphatic rings. The van der Waals surface area contributed by atoms with E-state index < -0.39 is 41.9 Å². The largest absolute Gasteiger partial charge is 0.486 e. The third-order valence-corrected chi connectivity index (χ3v) is 7.10. The highest BCUT2D eigenvalue weighted by molar-refractivity contribution is 6.39. The summed E-state index contributed by atoms with van der Waals surface area (Å²) in [7, 11) is 0. The summed E-state index contributed by atoms with van der Waals surface area (Å²) in [6.45, 7) is 0.579. The molecule has 0 saturated carbocycles. The van der Waals surface area contributed by atoms with Gasteiger partial charge in [0.05, 0.1) is 21.2 Å². The number of benzene rings is 4. The molecule has 0 unspecified atom stereocenters. The minimum absolute atomic E-state index is 0.0253. The van der Waals surface area contributed by atoms with Gasteiger partial charge in [0, 0.05) is 23.7 Å². The Balaban J connectivity index is 0.000000217. The number of nitrogens with two attached hydrogens (primary N) is 1. The standard InChI is InChI=1S/C18H14O8.C15H12Cl2FNO2/c19-15(20)13(25-17(23)11-7-3-1-4-8-11)14(16(21)22)26-18(24)12-9-5-2-6-10-12;16-11-2-1-3-12(17)14(11)10-4-8(18)5-13-15(10)21-9(6-19)7-20-13/h1-10,13-14H,(H,19,20)(H,21,22);1-5,9H,6-7,19H2/t13-,14-;9-/m00/s1. The summed E-state index contributed by atoms with van der Waals surface area (Å²) in [4.78, 5) is 46.8. The summed E-state index contributed by atoms with van der Waals surface area (Å²) in [5, 5.41) is 19.3. The van der Waals surface area contributed by atoms with Gasteiger partial charge < -0.3 is 34.9 Å². The molecule has 0 aliphatic carbocycles. The van der Waals surface area contributed by atoms with Crippen LogP contribution in [0.1, 0.15) is 20.7 Å². The van der Waals surface area contributed by atoms with Crippen LogP contribution in [0.2, 0.25) is 10.0 Å². The average Bonchev–Trinajstić information content (AvgIpc) is 3.06. The van der Waals surface area contributed by atoms with Crippen molar-refractivity contribution in [2.75, 3.05) is 13.2 Å². The quantitative estimate of drug-likeness (QED) is 0.190. The van der Waals surface area contributed by atoms with Crippen LogP contribution in [0, 0.1) is 5.82 Å². The van der Waals surface area contributed by atoms with E-state index in [9.17, 15) is 33.8 Å². The minimum Gasteiger partial charge on any atom is -0.486 e. The number of carboxylic acids is 2. The molecule has 244 valence electrons. The van der Waals surface area contributed by atoms with Crippen LogP contribution in [-0.4, -0.2) is 65.6 Å². The highest BCUT2D eigenvalue weighted by Gasteiger charge is 2.41. The van der Waals surface area contributed by atoms with Crippen molar-refractivity contribution in [1.29, 1.82) is 0 Å². The number of rotatable bonds is 9. The van der Waals surface area contributed by atoms with Gasteiger partial charge >= 0.3 is 23.9 Å². The van der Waals surface area contributed by atoms with Gasteiger partial charge in [0.1, 0.15) is 18.5 Å². The Bertz CT molecular complexity index is 1670. The van der Waals surface area contributed by atoms with Crippen molar-refractivity contribution in [1.82, 2.24) is 0 Å². The molecule has 5 rings (SSSR count). The third kappa shape index (κ3) is 8.76. The van der Waals surface area contributed by atoms with Crippen molar-refractivity contribution in [3.63, 3.8) is 0 Å². The number of carboxylic acid groups (broad SMARTS) is 2. The SMILES string of the molecule is NC[C@H]1COc2cc(F)cc(-c3c(Cl)cccc3Cl)c2O1.O=C(O[C@H](C(=O)O)[C@H](OC(=O)c1ccccc1)C(=O)O)c1ccccc1. The first-order valence-corrected chi connectivity index (χ1v) is 14.5. The predicted octanol–water partition coefficient (Wildman–Crippen LogP) is 5.50. The van der Waals surface area contributed by atoms with Crippen LogP contribution in [0.5, 0.6) is 11.5 Å². The maximum absolute atomic E-state index is 13.8. The highest BCUT2D eigenvalue weighted by Crippen LogP contribution is 2.46. The number of ether oxygens (including phenoxy) is 4. The Morgan fingerprint density at radius 3 is 1.74 bits per heavy atom. The Kier molecular flexibility index (Phi) is 11.7. The maximum Gasteiger partial charge on any atom is 0.349 e. The molecule has 0 aromatic heterocycles. The minimum atomic E-state index is -2.21. The summed E-state index contributed by atoms with van der Waals surface area (Å²) < 4.78 is 34.7. The number of halogens is 3. The molecule has 1 heterocycles. The summed E-state index contributed by atoms with van der Waals surface area (Å²) in [6.07, 6.45) is -4.72. The lowest BCUT2D eigenvalue weighted by Gasteiger charge is -2.28. The summed E-state index contributed by atoms with van der Waals surface area (Å²) in [5.41, 5.74) is 6.63. The molecule has 11 nitrogen and oxygen atoms in total. The van der Waals surface area contributed by atoms with Gasteiger partial charge in [-0.05, 0) is 42.5 Å². The molecular formula is C33H26Cl2FNO10. The smallest absolute Gasteiger partial charge is 0.349 e. The number of hydrogen-bond donors (Lipinski definition) is 3. The zero-order valence-electron chi connectivity index (χ0n) is 24.2. The lowest BCUT2D eigenvalue weighted by atomic mass is 10.0. The second kappa shape index (κ2) is 15.9. The fourth-order valence-electron chi connectivity index (χ4n) is 4.24. The Hall–Kier alpha value is -5.17. The van der Waals surface area contributed by atoms with Gasteiger partial charge in [-0.25, -0.2) is 23.6 Å². The molecule has 0 spiro atoms. The Morgan fingerprint density at radius 2 is 1.30 bits per heavy atom. The number of carbonyl (C=O) groups excluding carboxylic acids is 2. The monoisotopic (exact) mass is 685 g/mol. The first kappa shape index (κ1) is 34.7. The van der Waals surface area contributed by atoms with E-state index in [2.05, 4.69) is 0 Å². The van der Waals surface area contributed by atoms with Gasteiger partial charge in [0.15, 0.2) is 11.5 Å². The van der Waals surface area contributed by atoms with E-state index in [1.54, 1.807) is 30.3 Å². The van der Waals surface area contributed by atoms with Crippen molar-refractivity contribution >= 4 is 47.1 Å². The van der Waals surface area contributed by atoms with Crippen molar-refractivity contribution in [2.45, 2.75) is 18.3 Å². The van der Waals surface area contributed by atoms with Gasteiger partial charge in [-0.15, -0.1) is 0 Å². The maximum atomic E-state index is 13.8. The van der Waals surface area contributed by atoms with Crippen LogP contribution in [0.25, 0.3) is 11.1 Å².